The van der Waals surface area contributed by atoms with Crippen LogP contribution in [0, 0.1) is 0 Å². The summed E-state index contributed by atoms with van der Waals surface area (Å²) in [6, 6.07) is 3.89. The molecular formula is C19H28N2O4. The first-order valence-electron chi connectivity index (χ1n) is 8.75. The third kappa shape index (κ3) is 4.65. The molecule has 0 spiro atoms. The molecule has 0 saturated heterocycles. The summed E-state index contributed by atoms with van der Waals surface area (Å²) in [4.78, 5) is 28.1. The summed E-state index contributed by atoms with van der Waals surface area (Å²) in [5.74, 6) is 1.13. The fraction of sp³-hybridized carbons (Fsp3) is 0.579. The molecular weight excluding hydrogens is 320 g/mol. The van der Waals surface area contributed by atoms with Gasteiger partial charge in [-0.05, 0) is 36.1 Å². The van der Waals surface area contributed by atoms with E-state index in [1.807, 2.05) is 12.1 Å². The van der Waals surface area contributed by atoms with E-state index in [4.69, 9.17) is 9.47 Å². The van der Waals surface area contributed by atoms with Crippen LogP contribution in [0.4, 0.5) is 0 Å². The number of carbonyl (C=O) groups is 2. The first kappa shape index (κ1) is 19.1. The predicted octanol–water partition coefficient (Wildman–Crippen LogP) is 2.24. The highest BCUT2D eigenvalue weighted by Gasteiger charge is 2.25. The van der Waals surface area contributed by atoms with Gasteiger partial charge in [0.25, 0.3) is 0 Å². The average molecular weight is 348 g/mol. The quantitative estimate of drug-likeness (QED) is 0.709. The minimum Gasteiger partial charge on any atom is -0.493 e. The number of carbonyl (C=O) groups excluding carboxylic acids is 2. The average Bonchev–Trinajstić information content (AvgIpc) is 2.63. The Bertz CT molecular complexity index is 630. The van der Waals surface area contributed by atoms with Crippen LogP contribution in [0.2, 0.25) is 0 Å². The number of benzene rings is 1. The van der Waals surface area contributed by atoms with Crippen LogP contribution >= 0.6 is 0 Å². The highest BCUT2D eigenvalue weighted by molar-refractivity contribution is 5.96. The van der Waals surface area contributed by atoms with Crippen molar-refractivity contribution in [2.45, 2.75) is 39.2 Å². The molecule has 6 nitrogen and oxygen atoms in total. The number of nitrogens with zero attached hydrogens (tertiary/aromatic N) is 2. The van der Waals surface area contributed by atoms with E-state index in [-0.39, 0.29) is 18.2 Å². The smallest absolute Gasteiger partial charge is 0.232 e. The maximum Gasteiger partial charge on any atom is 0.232 e. The molecule has 1 aromatic carbocycles. The van der Waals surface area contributed by atoms with Crippen molar-refractivity contribution in [2.24, 2.45) is 0 Å². The number of ether oxygens (including phenoxy) is 2. The minimum absolute atomic E-state index is 0.0666. The third-order valence-electron chi connectivity index (χ3n) is 4.65. The van der Waals surface area contributed by atoms with Crippen molar-refractivity contribution in [2.75, 3.05) is 34.4 Å². The Hall–Kier alpha value is -2.24. The van der Waals surface area contributed by atoms with E-state index in [0.717, 1.165) is 30.4 Å². The van der Waals surface area contributed by atoms with E-state index in [1.165, 1.54) is 0 Å². The van der Waals surface area contributed by atoms with E-state index in [1.54, 1.807) is 31.1 Å². The van der Waals surface area contributed by atoms with Crippen molar-refractivity contribution < 1.29 is 19.1 Å². The molecule has 0 saturated carbocycles. The molecule has 138 valence electrons. The molecule has 1 aromatic rings. The number of hydrogen-bond donors (Lipinski definition) is 0. The van der Waals surface area contributed by atoms with E-state index in [0.29, 0.717) is 31.1 Å². The number of hydrogen-bond acceptors (Lipinski definition) is 4. The van der Waals surface area contributed by atoms with Crippen LogP contribution in [0.1, 0.15) is 37.3 Å². The molecule has 0 atom stereocenters. The second kappa shape index (κ2) is 8.74. The third-order valence-corrected chi connectivity index (χ3v) is 4.65. The summed E-state index contributed by atoms with van der Waals surface area (Å²) in [6.45, 7) is 3.90. The molecule has 0 unspecified atom stereocenters. The minimum atomic E-state index is -0.117. The summed E-state index contributed by atoms with van der Waals surface area (Å²) in [7, 11) is 4.97. The molecule has 2 rings (SSSR count). The van der Waals surface area contributed by atoms with Crippen LogP contribution in [0.5, 0.6) is 11.5 Å². The SMILES string of the molecule is CCCCN(C)C(=O)CC(=O)N1CCc2cc(OC)c(OC)cc2C1. The van der Waals surface area contributed by atoms with Gasteiger partial charge in [-0.15, -0.1) is 0 Å². The Morgan fingerprint density at radius 3 is 2.40 bits per heavy atom. The van der Waals surface area contributed by atoms with Crippen molar-refractivity contribution in [3.63, 3.8) is 0 Å². The maximum absolute atomic E-state index is 12.5. The van der Waals surface area contributed by atoms with E-state index < -0.39 is 0 Å². The van der Waals surface area contributed by atoms with Crippen LogP contribution in [0.15, 0.2) is 12.1 Å². The molecule has 1 aliphatic rings. The van der Waals surface area contributed by atoms with Gasteiger partial charge in [-0.3, -0.25) is 9.59 Å². The first-order chi connectivity index (χ1) is 12.0. The van der Waals surface area contributed by atoms with Crippen molar-refractivity contribution >= 4 is 11.8 Å². The van der Waals surface area contributed by atoms with Gasteiger partial charge in [0.2, 0.25) is 11.8 Å². The maximum atomic E-state index is 12.5. The lowest BCUT2D eigenvalue weighted by atomic mass is 9.98. The zero-order chi connectivity index (χ0) is 18.4. The molecule has 0 N–H and O–H groups in total. The van der Waals surface area contributed by atoms with Gasteiger partial charge in [0, 0.05) is 26.7 Å². The summed E-state index contributed by atoms with van der Waals surface area (Å²) >= 11 is 0. The molecule has 0 bridgehead atoms. The molecule has 25 heavy (non-hydrogen) atoms. The summed E-state index contributed by atoms with van der Waals surface area (Å²) in [6.07, 6.45) is 2.67. The largest absolute Gasteiger partial charge is 0.493 e. The fourth-order valence-electron chi connectivity index (χ4n) is 2.99. The van der Waals surface area contributed by atoms with Crippen molar-refractivity contribution in [3.8, 4) is 11.5 Å². The Morgan fingerprint density at radius 1 is 1.16 bits per heavy atom. The molecule has 0 radical (unpaired) electrons. The molecule has 0 fully saturated rings. The zero-order valence-corrected chi connectivity index (χ0v) is 15.6. The molecule has 2 amide bonds. The topological polar surface area (TPSA) is 59.1 Å². The van der Waals surface area contributed by atoms with Crippen molar-refractivity contribution in [1.82, 2.24) is 9.80 Å². The second-order valence-corrected chi connectivity index (χ2v) is 6.39. The highest BCUT2D eigenvalue weighted by atomic mass is 16.5. The molecule has 6 heteroatoms. The summed E-state index contributed by atoms with van der Waals surface area (Å²) in [5.41, 5.74) is 2.21. The van der Waals surface area contributed by atoms with Gasteiger partial charge in [0.1, 0.15) is 6.42 Å². The van der Waals surface area contributed by atoms with Crippen molar-refractivity contribution in [1.29, 1.82) is 0 Å². The van der Waals surface area contributed by atoms with Crippen LogP contribution in [-0.2, 0) is 22.6 Å². The van der Waals surface area contributed by atoms with E-state index in [9.17, 15) is 9.59 Å². The predicted molar refractivity (Wildman–Crippen MR) is 95.8 cm³/mol. The molecule has 1 heterocycles. The lowest BCUT2D eigenvalue weighted by molar-refractivity contribution is -0.140. The molecule has 0 aromatic heterocycles. The summed E-state index contributed by atoms with van der Waals surface area (Å²) in [5, 5.41) is 0. The van der Waals surface area contributed by atoms with Gasteiger partial charge in [0.05, 0.1) is 14.2 Å². The number of rotatable bonds is 7. The number of amides is 2. The Balaban J connectivity index is 2.01. The number of unbranched alkanes of at least 4 members (excludes halogenated alkanes) is 1. The van der Waals surface area contributed by atoms with Gasteiger partial charge in [-0.2, -0.15) is 0 Å². The van der Waals surface area contributed by atoms with Gasteiger partial charge < -0.3 is 19.3 Å². The monoisotopic (exact) mass is 348 g/mol. The lowest BCUT2D eigenvalue weighted by Crippen LogP contribution is -2.39. The molecule has 0 aliphatic carbocycles. The van der Waals surface area contributed by atoms with E-state index in [2.05, 4.69) is 6.92 Å². The normalized spacial score (nSPS) is 13.2. The second-order valence-electron chi connectivity index (χ2n) is 6.39. The summed E-state index contributed by atoms with van der Waals surface area (Å²) < 4.78 is 10.7. The first-order valence-corrected chi connectivity index (χ1v) is 8.75. The van der Waals surface area contributed by atoms with Crippen LogP contribution < -0.4 is 9.47 Å². The number of fused-ring (bicyclic) bond motifs is 1. The van der Waals surface area contributed by atoms with E-state index >= 15 is 0 Å². The van der Waals surface area contributed by atoms with Gasteiger partial charge in [-0.25, -0.2) is 0 Å². The fourth-order valence-corrected chi connectivity index (χ4v) is 2.99. The van der Waals surface area contributed by atoms with Crippen molar-refractivity contribution in [3.05, 3.63) is 23.3 Å². The Kier molecular flexibility index (Phi) is 6.67. The Morgan fingerprint density at radius 2 is 1.80 bits per heavy atom. The lowest BCUT2D eigenvalue weighted by Gasteiger charge is -2.30. The number of methoxy groups -OCH3 is 2. The van der Waals surface area contributed by atoms with Crippen LogP contribution in [0.25, 0.3) is 0 Å². The van der Waals surface area contributed by atoms with Gasteiger partial charge in [-0.1, -0.05) is 13.3 Å². The standard InChI is InChI=1S/C19H28N2O4/c1-5-6-8-20(2)18(22)12-19(23)21-9-7-14-10-16(24-3)17(25-4)11-15(14)13-21/h10-11H,5-9,12-13H2,1-4H3. The highest BCUT2D eigenvalue weighted by Crippen LogP contribution is 2.33. The molecule has 1 aliphatic heterocycles. The van der Waals surface area contributed by atoms with Crippen LogP contribution in [-0.4, -0.2) is 56.0 Å². The van der Waals surface area contributed by atoms with Gasteiger partial charge in [0.15, 0.2) is 11.5 Å². The zero-order valence-electron chi connectivity index (χ0n) is 15.6. The Labute approximate surface area is 149 Å². The van der Waals surface area contributed by atoms with Crippen LogP contribution in [0.3, 0.4) is 0 Å². The van der Waals surface area contributed by atoms with Gasteiger partial charge >= 0.3 is 0 Å².